The highest BCUT2D eigenvalue weighted by molar-refractivity contribution is 5.63. The van der Waals surface area contributed by atoms with E-state index in [1.807, 2.05) is 0 Å². The highest BCUT2D eigenvalue weighted by Gasteiger charge is 2.37. The van der Waals surface area contributed by atoms with Gasteiger partial charge in [-0.25, -0.2) is 0 Å². The van der Waals surface area contributed by atoms with Crippen molar-refractivity contribution in [2.24, 2.45) is 10.8 Å². The van der Waals surface area contributed by atoms with Crippen LogP contribution in [0.25, 0.3) is 6.08 Å². The predicted octanol–water partition coefficient (Wildman–Crippen LogP) is 6.13. The van der Waals surface area contributed by atoms with Gasteiger partial charge in [0.15, 0.2) is 0 Å². The molecule has 1 unspecified atom stereocenters. The normalized spacial score (nSPS) is 21.3. The number of benzene rings is 1. The molecule has 0 bridgehead atoms. The summed E-state index contributed by atoms with van der Waals surface area (Å²) in [5, 5.41) is 0. The van der Waals surface area contributed by atoms with Gasteiger partial charge in [-0.2, -0.15) is 0 Å². The van der Waals surface area contributed by atoms with Gasteiger partial charge in [-0.3, -0.25) is 0 Å². The van der Waals surface area contributed by atoms with Crippen LogP contribution >= 0.6 is 0 Å². The molecular formula is C21H26. The Morgan fingerprint density at radius 2 is 1.57 bits per heavy atom. The molecule has 2 aliphatic carbocycles. The molecule has 0 N–H and O–H groups in total. The molecule has 0 saturated heterocycles. The lowest BCUT2D eigenvalue weighted by atomic mass is 9.69. The summed E-state index contributed by atoms with van der Waals surface area (Å²) in [7, 11) is 0. The van der Waals surface area contributed by atoms with Gasteiger partial charge in [-0.05, 0) is 28.4 Å². The van der Waals surface area contributed by atoms with Crippen molar-refractivity contribution in [2.75, 3.05) is 0 Å². The fourth-order valence-electron chi connectivity index (χ4n) is 3.56. The van der Waals surface area contributed by atoms with Crippen LogP contribution in [0.15, 0.2) is 53.6 Å². The average Bonchev–Trinajstić information content (AvgIpc) is 3.05. The first-order chi connectivity index (χ1) is 9.80. The van der Waals surface area contributed by atoms with Crippen molar-refractivity contribution < 1.29 is 0 Å². The summed E-state index contributed by atoms with van der Waals surface area (Å²) in [5.41, 5.74) is 6.44. The van der Waals surface area contributed by atoms with Crippen LogP contribution in [0.4, 0.5) is 0 Å². The first-order valence-corrected chi connectivity index (χ1v) is 7.98. The number of hydrogen-bond acceptors (Lipinski definition) is 0. The smallest absolute Gasteiger partial charge is 0.0116 e. The van der Waals surface area contributed by atoms with Gasteiger partial charge in [0.05, 0.1) is 0 Å². The molecule has 0 heteroatoms. The van der Waals surface area contributed by atoms with Crippen molar-refractivity contribution in [1.82, 2.24) is 0 Å². The Morgan fingerprint density at radius 1 is 0.905 bits per heavy atom. The van der Waals surface area contributed by atoms with Gasteiger partial charge >= 0.3 is 0 Å². The van der Waals surface area contributed by atoms with Crippen LogP contribution in [0.5, 0.6) is 0 Å². The lowest BCUT2D eigenvalue weighted by molar-refractivity contribution is 0.385. The summed E-state index contributed by atoms with van der Waals surface area (Å²) in [6.07, 6.45) is 10.5. The molecule has 0 spiro atoms. The van der Waals surface area contributed by atoms with Crippen LogP contribution in [-0.4, -0.2) is 0 Å². The van der Waals surface area contributed by atoms with E-state index < -0.39 is 0 Å². The third-order valence-electron chi connectivity index (χ3n) is 5.23. The van der Waals surface area contributed by atoms with Crippen LogP contribution in [-0.2, 0) is 0 Å². The van der Waals surface area contributed by atoms with Crippen LogP contribution in [0.3, 0.4) is 0 Å². The zero-order valence-electron chi connectivity index (χ0n) is 13.9. The van der Waals surface area contributed by atoms with Crippen molar-refractivity contribution in [1.29, 1.82) is 0 Å². The molecule has 0 heterocycles. The van der Waals surface area contributed by atoms with E-state index in [1.54, 1.807) is 11.1 Å². The second kappa shape index (κ2) is 4.73. The summed E-state index contributed by atoms with van der Waals surface area (Å²) in [6.45, 7) is 11.7. The number of allylic oxidation sites excluding steroid dienone is 5. The molecular weight excluding hydrogens is 252 g/mol. The Kier molecular flexibility index (Phi) is 3.24. The van der Waals surface area contributed by atoms with Crippen molar-refractivity contribution in [3.05, 3.63) is 64.8 Å². The minimum atomic E-state index is 0.173. The minimum Gasteiger partial charge on any atom is -0.0755 e. The second-order valence-corrected chi connectivity index (χ2v) is 8.00. The van der Waals surface area contributed by atoms with Gasteiger partial charge in [0.2, 0.25) is 0 Å². The largest absolute Gasteiger partial charge is 0.0755 e. The van der Waals surface area contributed by atoms with Gasteiger partial charge < -0.3 is 0 Å². The lowest BCUT2D eigenvalue weighted by Crippen LogP contribution is -2.23. The molecule has 2 aliphatic rings. The van der Waals surface area contributed by atoms with Crippen LogP contribution in [0.1, 0.15) is 58.1 Å². The van der Waals surface area contributed by atoms with Crippen molar-refractivity contribution in [2.45, 2.75) is 47.0 Å². The third-order valence-corrected chi connectivity index (χ3v) is 5.23. The number of hydrogen-bond donors (Lipinski definition) is 0. The summed E-state index contributed by atoms with van der Waals surface area (Å²) >= 11 is 0. The summed E-state index contributed by atoms with van der Waals surface area (Å²) < 4.78 is 0. The van der Waals surface area contributed by atoms with Gasteiger partial charge in [0, 0.05) is 5.92 Å². The van der Waals surface area contributed by atoms with Gasteiger partial charge in [0.25, 0.3) is 0 Å². The Labute approximate surface area is 129 Å². The van der Waals surface area contributed by atoms with Crippen LogP contribution in [0.2, 0.25) is 0 Å². The molecule has 0 nitrogen and oxygen atoms in total. The van der Waals surface area contributed by atoms with E-state index in [0.717, 1.165) is 6.42 Å². The predicted molar refractivity (Wildman–Crippen MR) is 92.2 cm³/mol. The minimum absolute atomic E-state index is 0.173. The Hall–Kier alpha value is -1.56. The molecule has 21 heavy (non-hydrogen) atoms. The summed E-state index contributed by atoms with van der Waals surface area (Å²) in [4.78, 5) is 0. The van der Waals surface area contributed by atoms with E-state index in [-0.39, 0.29) is 10.8 Å². The topological polar surface area (TPSA) is 0 Å². The lowest BCUT2D eigenvalue weighted by Gasteiger charge is -2.34. The van der Waals surface area contributed by atoms with E-state index >= 15 is 0 Å². The monoisotopic (exact) mass is 278 g/mol. The van der Waals surface area contributed by atoms with Gasteiger partial charge in [0.1, 0.15) is 0 Å². The molecule has 0 saturated carbocycles. The molecule has 0 fully saturated rings. The quantitative estimate of drug-likeness (QED) is 0.610. The molecule has 0 radical (unpaired) electrons. The van der Waals surface area contributed by atoms with Crippen LogP contribution < -0.4 is 0 Å². The zero-order valence-corrected chi connectivity index (χ0v) is 13.9. The summed E-state index contributed by atoms with van der Waals surface area (Å²) in [6, 6.07) is 8.81. The van der Waals surface area contributed by atoms with Gasteiger partial charge in [-0.1, -0.05) is 94.3 Å². The Bertz CT molecular complexity index is 645. The Morgan fingerprint density at radius 3 is 2.24 bits per heavy atom. The average molecular weight is 278 g/mol. The molecule has 1 atom stereocenters. The van der Waals surface area contributed by atoms with Crippen LogP contribution in [0, 0.1) is 10.8 Å². The molecule has 110 valence electrons. The highest BCUT2D eigenvalue weighted by Crippen LogP contribution is 2.51. The van der Waals surface area contributed by atoms with Gasteiger partial charge in [-0.15, -0.1) is 0 Å². The van der Waals surface area contributed by atoms with E-state index in [1.165, 1.54) is 11.1 Å². The van der Waals surface area contributed by atoms with Crippen molar-refractivity contribution in [3.63, 3.8) is 0 Å². The highest BCUT2D eigenvalue weighted by atomic mass is 14.4. The second-order valence-electron chi connectivity index (χ2n) is 8.00. The van der Waals surface area contributed by atoms with E-state index in [9.17, 15) is 0 Å². The van der Waals surface area contributed by atoms with E-state index in [2.05, 4.69) is 83.2 Å². The summed E-state index contributed by atoms with van der Waals surface area (Å²) in [5.74, 6) is 0.493. The first-order valence-electron chi connectivity index (χ1n) is 7.98. The van der Waals surface area contributed by atoms with Crippen molar-refractivity contribution in [3.8, 4) is 0 Å². The molecule has 1 aromatic carbocycles. The molecule has 1 aromatic rings. The first kappa shape index (κ1) is 14.4. The zero-order chi connectivity index (χ0) is 15.3. The standard InChI is InChI=1S/C21H26/c1-20(2,3)16-11-12-17(14-16)21(4,5)19-13-10-15-8-6-7-9-18(15)19/h6-13,19H,14H2,1-5H3. The number of rotatable bonds is 2. The molecule has 0 amide bonds. The number of fused-ring (bicyclic) bond motifs is 1. The maximum absolute atomic E-state index is 2.40. The fraction of sp³-hybridized carbons (Fsp3) is 0.429. The van der Waals surface area contributed by atoms with E-state index in [0.29, 0.717) is 5.92 Å². The fourth-order valence-corrected chi connectivity index (χ4v) is 3.56. The Balaban J connectivity index is 1.86. The maximum atomic E-state index is 2.40. The SMILES string of the molecule is CC(C)(C)C1=CC=C(C(C)(C)C2C=Cc3ccccc32)C1. The maximum Gasteiger partial charge on any atom is 0.0116 e. The van der Waals surface area contributed by atoms with Crippen molar-refractivity contribution >= 4 is 6.08 Å². The molecule has 0 aromatic heterocycles. The molecule has 0 aliphatic heterocycles. The third kappa shape index (κ3) is 2.41. The molecule has 3 rings (SSSR count). The van der Waals surface area contributed by atoms with E-state index in [4.69, 9.17) is 0 Å².